The molecule has 288 valence electrons. The number of rotatable bonds is 14. The number of amides is 7. The summed E-state index contributed by atoms with van der Waals surface area (Å²) in [6, 6.07) is 10.3. The maximum atomic E-state index is 13.3. The second kappa shape index (κ2) is 14.9. The smallest absolute Gasteiger partial charge is 0.273 e. The highest BCUT2D eigenvalue weighted by molar-refractivity contribution is 6.25. The third-order valence-corrected chi connectivity index (χ3v) is 9.78. The highest BCUT2D eigenvalue weighted by Gasteiger charge is 2.52. The van der Waals surface area contributed by atoms with E-state index in [1.54, 1.807) is 36.4 Å². The number of hydrogen-bond acceptors (Lipinski definition) is 14. The van der Waals surface area contributed by atoms with Crippen molar-refractivity contribution >= 4 is 58.4 Å². The molecule has 7 N–H and O–H groups in total. The monoisotopic (exact) mass is 764 g/mol. The molecule has 20 heteroatoms. The molecule has 2 aromatic heterocycles. The molecule has 1 saturated carbocycles. The van der Waals surface area contributed by atoms with Gasteiger partial charge in [0.05, 0.1) is 59.4 Å². The minimum atomic E-state index is -1.11. The molecule has 7 amide bonds. The first-order valence-corrected chi connectivity index (χ1v) is 17.5. The lowest BCUT2D eigenvalue weighted by Gasteiger charge is -2.27. The summed E-state index contributed by atoms with van der Waals surface area (Å²) in [7, 11) is 2.93. The number of aromatic nitrogens is 5. The Bertz CT molecular complexity index is 2320. The predicted octanol–water partition coefficient (Wildman–Crippen LogP) is -0.00670. The summed E-state index contributed by atoms with van der Waals surface area (Å²) in [4.78, 5) is 93.4. The van der Waals surface area contributed by atoms with Gasteiger partial charge >= 0.3 is 0 Å². The summed E-state index contributed by atoms with van der Waals surface area (Å²) >= 11 is 0. The zero-order valence-electron chi connectivity index (χ0n) is 30.2. The number of imide groups is 2. The quantitative estimate of drug-likeness (QED) is 0.0923. The Kier molecular flexibility index (Phi) is 9.85. The number of para-hydroxylation sites is 1. The SMILES string of the molecule is CNC(=O)c1nnc(C2(C(N)=O)CC2)cc1Nc1cccc(-c2ncn(CCNC(=O)CNc3cccc4c3C(=O)N(C3CCC(=O)NC3=O)C4=O)n2)c1OC. The number of benzene rings is 2. The Balaban J connectivity index is 0.984. The number of hydrogen-bond donors (Lipinski definition) is 6. The largest absolute Gasteiger partial charge is 0.494 e. The van der Waals surface area contributed by atoms with Crippen molar-refractivity contribution in [2.45, 2.75) is 43.7 Å². The van der Waals surface area contributed by atoms with Gasteiger partial charge in [-0.1, -0.05) is 12.1 Å². The zero-order valence-corrected chi connectivity index (χ0v) is 30.2. The van der Waals surface area contributed by atoms with E-state index in [0.29, 0.717) is 41.4 Å². The van der Waals surface area contributed by atoms with E-state index in [9.17, 15) is 33.6 Å². The maximum absolute atomic E-state index is 13.3. The Morgan fingerprint density at radius 2 is 1.75 bits per heavy atom. The van der Waals surface area contributed by atoms with Crippen molar-refractivity contribution in [3.8, 4) is 17.1 Å². The number of nitrogens with one attached hydrogen (secondary N) is 5. The minimum Gasteiger partial charge on any atom is -0.494 e. The number of carbonyl (C=O) groups is 7. The normalized spacial score (nSPS) is 16.8. The number of nitrogens with two attached hydrogens (primary N) is 1. The lowest BCUT2D eigenvalue weighted by molar-refractivity contribution is -0.136. The van der Waals surface area contributed by atoms with Gasteiger partial charge in [0.25, 0.3) is 17.7 Å². The van der Waals surface area contributed by atoms with Gasteiger partial charge in [0.2, 0.25) is 23.6 Å². The summed E-state index contributed by atoms with van der Waals surface area (Å²) in [5, 5.41) is 26.3. The van der Waals surface area contributed by atoms with Gasteiger partial charge in [0.15, 0.2) is 17.3 Å². The molecule has 56 heavy (non-hydrogen) atoms. The molecular formula is C36H36N12O8. The standard InChI is InChI=1S/C36H36N12O8/c1-38-32(52)28-22(15-24(44-45-28)36(11-12-36)35(37)55)42-21-8-4-6-19(29(21)56-2)30-41-17-47(46-30)14-13-39-26(50)16-40-20-7-3-5-18-27(20)34(54)48(33(18)53)23-9-10-25(49)43-31(23)51/h3-8,15,17,23,40H,9-14,16H2,1-2H3,(H2,37,55)(H,38,52)(H,39,50)(H,42,44)(H,43,49,51). The number of primary amides is 1. The molecule has 2 aliphatic heterocycles. The van der Waals surface area contributed by atoms with Crippen LogP contribution in [0.15, 0.2) is 48.8 Å². The fourth-order valence-corrected chi connectivity index (χ4v) is 6.67. The number of carbonyl (C=O) groups excluding carboxylic acids is 7. The Hall–Kier alpha value is -7.25. The van der Waals surface area contributed by atoms with Gasteiger partial charge in [-0.05, 0) is 49.6 Å². The van der Waals surface area contributed by atoms with Crippen LogP contribution in [0, 0.1) is 0 Å². The van der Waals surface area contributed by atoms with E-state index in [2.05, 4.69) is 46.9 Å². The highest BCUT2D eigenvalue weighted by atomic mass is 16.5. The maximum Gasteiger partial charge on any atom is 0.273 e. The van der Waals surface area contributed by atoms with Crippen molar-refractivity contribution in [2.75, 3.05) is 37.9 Å². The highest BCUT2D eigenvalue weighted by Crippen LogP contribution is 2.48. The van der Waals surface area contributed by atoms with Gasteiger partial charge < -0.3 is 31.7 Å². The van der Waals surface area contributed by atoms with Crippen LogP contribution in [0.3, 0.4) is 0 Å². The van der Waals surface area contributed by atoms with E-state index in [1.165, 1.54) is 31.2 Å². The number of piperidine rings is 1. The molecule has 7 rings (SSSR count). The second-order valence-corrected chi connectivity index (χ2v) is 13.2. The topological polar surface area (TPSA) is 275 Å². The fourth-order valence-electron chi connectivity index (χ4n) is 6.67. The predicted molar refractivity (Wildman–Crippen MR) is 195 cm³/mol. The van der Waals surface area contributed by atoms with Crippen LogP contribution in [0.25, 0.3) is 11.4 Å². The Morgan fingerprint density at radius 3 is 2.45 bits per heavy atom. The average Bonchev–Trinajstić information content (AvgIpc) is 3.81. The molecule has 1 atom stereocenters. The lowest BCUT2D eigenvalue weighted by atomic mass is 10.0. The third-order valence-electron chi connectivity index (χ3n) is 9.78. The van der Waals surface area contributed by atoms with E-state index in [4.69, 9.17) is 10.5 Å². The number of anilines is 3. The van der Waals surface area contributed by atoms with E-state index < -0.39 is 52.8 Å². The van der Waals surface area contributed by atoms with Crippen LogP contribution in [-0.2, 0) is 31.1 Å². The molecule has 2 aromatic carbocycles. The van der Waals surface area contributed by atoms with E-state index in [0.717, 1.165) is 4.90 Å². The Labute approximate surface area is 317 Å². The number of nitrogens with zero attached hydrogens (tertiary/aromatic N) is 6. The van der Waals surface area contributed by atoms with Gasteiger partial charge in [-0.15, -0.1) is 5.10 Å². The first kappa shape index (κ1) is 37.1. The minimum absolute atomic E-state index is 0.0000253. The third kappa shape index (κ3) is 6.82. The van der Waals surface area contributed by atoms with Crippen LogP contribution in [0.2, 0.25) is 0 Å². The number of methoxy groups -OCH3 is 1. The summed E-state index contributed by atoms with van der Waals surface area (Å²) in [5.41, 5.74) is 6.71. The molecule has 1 saturated heterocycles. The van der Waals surface area contributed by atoms with E-state index in [-0.39, 0.29) is 60.7 Å². The molecule has 0 radical (unpaired) electrons. The number of fused-ring (bicyclic) bond motifs is 1. The Morgan fingerprint density at radius 1 is 1.00 bits per heavy atom. The van der Waals surface area contributed by atoms with Crippen LogP contribution in [0.5, 0.6) is 5.75 Å². The summed E-state index contributed by atoms with van der Waals surface area (Å²) in [5.74, 6) is -3.27. The van der Waals surface area contributed by atoms with Gasteiger partial charge in [-0.25, -0.2) is 4.98 Å². The summed E-state index contributed by atoms with van der Waals surface area (Å²) in [6.07, 6.45) is 2.57. The number of ether oxygens (including phenoxy) is 1. The van der Waals surface area contributed by atoms with Crippen molar-refractivity contribution in [1.82, 2.24) is 45.8 Å². The van der Waals surface area contributed by atoms with Gasteiger partial charge in [-0.3, -0.25) is 48.5 Å². The lowest BCUT2D eigenvalue weighted by Crippen LogP contribution is -2.54. The molecule has 1 unspecified atom stereocenters. The molecule has 2 fully saturated rings. The van der Waals surface area contributed by atoms with Crippen molar-refractivity contribution in [3.63, 3.8) is 0 Å². The molecule has 0 bridgehead atoms. The molecular weight excluding hydrogens is 728 g/mol. The summed E-state index contributed by atoms with van der Waals surface area (Å²) < 4.78 is 7.28. The second-order valence-electron chi connectivity index (χ2n) is 13.2. The van der Waals surface area contributed by atoms with Crippen LogP contribution in [0.1, 0.15) is 62.6 Å². The molecule has 4 aromatic rings. The molecule has 1 aliphatic carbocycles. The van der Waals surface area contributed by atoms with Crippen LogP contribution in [-0.4, -0.2) is 105 Å². The van der Waals surface area contributed by atoms with E-state index in [1.807, 2.05) is 0 Å². The van der Waals surface area contributed by atoms with Crippen LogP contribution >= 0.6 is 0 Å². The van der Waals surface area contributed by atoms with Crippen LogP contribution in [0.4, 0.5) is 17.1 Å². The average molecular weight is 765 g/mol. The molecule has 0 spiro atoms. The van der Waals surface area contributed by atoms with Crippen molar-refractivity contribution < 1.29 is 38.3 Å². The summed E-state index contributed by atoms with van der Waals surface area (Å²) in [6.45, 7) is 0.188. The first-order valence-electron chi connectivity index (χ1n) is 17.5. The van der Waals surface area contributed by atoms with Gasteiger partial charge in [0.1, 0.15) is 12.4 Å². The van der Waals surface area contributed by atoms with Crippen molar-refractivity contribution in [3.05, 3.63) is 71.3 Å². The molecule has 3 aliphatic rings. The molecule has 20 nitrogen and oxygen atoms in total. The fraction of sp³-hybridized carbons (Fsp3) is 0.306. The van der Waals surface area contributed by atoms with Crippen molar-refractivity contribution in [1.29, 1.82) is 0 Å². The van der Waals surface area contributed by atoms with Crippen LogP contribution < -0.4 is 37.1 Å². The van der Waals surface area contributed by atoms with E-state index >= 15 is 0 Å². The zero-order chi connectivity index (χ0) is 39.7. The van der Waals surface area contributed by atoms with Gasteiger partial charge in [-0.2, -0.15) is 10.2 Å². The first-order chi connectivity index (χ1) is 26.9. The molecule has 4 heterocycles. The van der Waals surface area contributed by atoms with Gasteiger partial charge in [0, 0.05) is 25.7 Å². The van der Waals surface area contributed by atoms with Crippen molar-refractivity contribution in [2.24, 2.45) is 5.73 Å².